The van der Waals surface area contributed by atoms with Crippen LogP contribution in [0.1, 0.15) is 32.3 Å². The van der Waals surface area contributed by atoms with Gasteiger partial charge >= 0.3 is 0 Å². The average Bonchev–Trinajstić information content (AvgIpc) is 2.88. The molecule has 0 saturated heterocycles. The van der Waals surface area contributed by atoms with Gasteiger partial charge in [-0.15, -0.1) is 0 Å². The molecule has 0 amide bonds. The van der Waals surface area contributed by atoms with E-state index in [4.69, 9.17) is 0 Å². The van der Waals surface area contributed by atoms with Gasteiger partial charge in [0.25, 0.3) is 0 Å². The normalized spacial score (nSPS) is 14.3. The van der Waals surface area contributed by atoms with Gasteiger partial charge in [0.15, 0.2) is 11.6 Å². The number of nitrogens with zero attached hydrogens (tertiary/aromatic N) is 1. The maximum absolute atomic E-state index is 13.1. The van der Waals surface area contributed by atoms with Crippen LogP contribution in [0.25, 0.3) is 10.9 Å². The molecule has 8 heteroatoms. The fraction of sp³-hybridized carbons (Fsp3) is 0.0556. The van der Waals surface area contributed by atoms with Crippen LogP contribution in [0.2, 0.25) is 0 Å². The molecule has 0 fully saturated rings. The van der Waals surface area contributed by atoms with Crippen LogP contribution in [0, 0.1) is 0 Å². The Morgan fingerprint density at radius 3 is 1.96 bits per heavy atom. The molecule has 1 N–H and O–H groups in total. The van der Waals surface area contributed by atoms with Crippen LogP contribution in [0.4, 0.5) is 0 Å². The topological polar surface area (TPSA) is 67.3 Å². The summed E-state index contributed by atoms with van der Waals surface area (Å²) in [6.07, 6.45) is 0. The molecular weight excluding hydrogens is 598 g/mol. The number of benzene rings is 2. The predicted molar refractivity (Wildman–Crippen MR) is 112 cm³/mol. The number of hydrogen-bond donors (Lipinski definition) is 1. The molecule has 130 valence electrons. The molecule has 0 radical (unpaired) electrons. The second kappa shape index (κ2) is 6.51. The molecule has 0 spiro atoms. The number of aromatic nitrogens is 1. The van der Waals surface area contributed by atoms with E-state index in [0.717, 1.165) is 5.39 Å². The third kappa shape index (κ3) is 2.53. The zero-order chi connectivity index (χ0) is 18.7. The fourth-order valence-corrected chi connectivity index (χ4v) is 5.59. The molecule has 0 atom stereocenters. The van der Waals surface area contributed by atoms with Crippen molar-refractivity contribution in [3.05, 3.63) is 65.0 Å². The van der Waals surface area contributed by atoms with Gasteiger partial charge in [0.2, 0.25) is 0 Å². The van der Waals surface area contributed by atoms with Gasteiger partial charge in [0.1, 0.15) is 17.4 Å². The highest BCUT2D eigenvalue weighted by atomic mass is 79.9. The van der Waals surface area contributed by atoms with Gasteiger partial charge in [-0.1, -0.05) is 18.2 Å². The number of ketones is 2. The quantitative estimate of drug-likeness (QED) is 0.206. The molecule has 4 rings (SSSR count). The first kappa shape index (κ1) is 18.3. The zero-order valence-corrected chi connectivity index (χ0v) is 19.0. The molecule has 26 heavy (non-hydrogen) atoms. The summed E-state index contributed by atoms with van der Waals surface area (Å²) in [6.45, 7) is 0. The summed E-state index contributed by atoms with van der Waals surface area (Å²) in [7, 11) is 0. The van der Waals surface area contributed by atoms with Crippen LogP contribution in [0.3, 0.4) is 0 Å². The molecule has 1 aliphatic carbocycles. The second-order valence-corrected chi connectivity index (χ2v) is 8.92. The number of carbonyl (C=O) groups is 2. The Balaban J connectivity index is 1.97. The Hall–Kier alpha value is -1.09. The standard InChI is InChI=1S/C18H7Br4NO3/c19-12-9-10(13(20)15(22)14(12)21)18(26)11(17(9)25)16-8(24)5-6-3-1-2-4-7(6)23-16/h1-5,11,24H. The fourth-order valence-electron chi connectivity index (χ4n) is 3.08. The van der Waals surface area contributed by atoms with Gasteiger partial charge in [-0.2, -0.15) is 0 Å². The van der Waals surface area contributed by atoms with Gasteiger partial charge < -0.3 is 5.11 Å². The third-order valence-corrected chi connectivity index (χ3v) is 9.06. The summed E-state index contributed by atoms with van der Waals surface area (Å²) >= 11 is 13.6. The minimum Gasteiger partial charge on any atom is -0.506 e. The number of pyridine rings is 1. The van der Waals surface area contributed by atoms with Gasteiger partial charge in [-0.05, 0) is 75.9 Å². The maximum atomic E-state index is 13.1. The number of halogens is 4. The molecular formula is C18H7Br4NO3. The number of aromatic hydroxyl groups is 1. The van der Waals surface area contributed by atoms with Crippen molar-refractivity contribution in [1.29, 1.82) is 0 Å². The lowest BCUT2D eigenvalue weighted by molar-refractivity contribution is 0.0885. The lowest BCUT2D eigenvalue weighted by Crippen LogP contribution is -2.15. The highest BCUT2D eigenvalue weighted by Crippen LogP contribution is 2.49. The third-order valence-electron chi connectivity index (χ3n) is 4.29. The molecule has 0 bridgehead atoms. The van der Waals surface area contributed by atoms with Crippen LogP contribution in [-0.4, -0.2) is 21.7 Å². The number of fused-ring (bicyclic) bond motifs is 2. The summed E-state index contributed by atoms with van der Waals surface area (Å²) in [5.74, 6) is -2.15. The number of Topliss-reactive ketones (excluding diaryl/α,β-unsaturated/α-hetero) is 2. The van der Waals surface area contributed by atoms with E-state index in [1.807, 2.05) is 12.1 Å². The number of carbonyl (C=O) groups excluding carboxylic acids is 2. The lowest BCUT2D eigenvalue weighted by atomic mass is 9.97. The Bertz CT molecular complexity index is 1100. The Kier molecular flexibility index (Phi) is 4.58. The van der Waals surface area contributed by atoms with Gasteiger partial charge in [0.05, 0.1) is 5.52 Å². The van der Waals surface area contributed by atoms with Gasteiger partial charge in [-0.25, -0.2) is 4.98 Å². The van der Waals surface area contributed by atoms with Crippen LogP contribution in [-0.2, 0) is 0 Å². The van der Waals surface area contributed by atoms with Crippen molar-refractivity contribution < 1.29 is 14.7 Å². The summed E-state index contributed by atoms with van der Waals surface area (Å²) in [5.41, 5.74) is 1.23. The molecule has 0 aliphatic heterocycles. The van der Waals surface area contributed by atoms with E-state index in [0.29, 0.717) is 23.4 Å². The number of rotatable bonds is 1. The van der Waals surface area contributed by atoms with E-state index in [9.17, 15) is 14.7 Å². The molecule has 0 unspecified atom stereocenters. The van der Waals surface area contributed by atoms with E-state index >= 15 is 0 Å². The Morgan fingerprint density at radius 1 is 0.846 bits per heavy atom. The van der Waals surface area contributed by atoms with Crippen LogP contribution < -0.4 is 0 Å². The molecule has 1 aliphatic rings. The first-order valence-corrected chi connectivity index (χ1v) is 10.5. The highest BCUT2D eigenvalue weighted by molar-refractivity contribution is 9.15. The largest absolute Gasteiger partial charge is 0.506 e. The van der Waals surface area contributed by atoms with Crippen molar-refractivity contribution in [2.24, 2.45) is 0 Å². The minimum atomic E-state index is -1.18. The summed E-state index contributed by atoms with van der Waals surface area (Å²) in [5, 5.41) is 11.2. The van der Waals surface area contributed by atoms with Crippen molar-refractivity contribution >= 4 is 86.2 Å². The first-order valence-electron chi connectivity index (χ1n) is 7.36. The van der Waals surface area contributed by atoms with Crippen LogP contribution >= 0.6 is 63.7 Å². The van der Waals surface area contributed by atoms with Crippen LogP contribution in [0.5, 0.6) is 5.75 Å². The summed E-state index contributed by atoms with van der Waals surface area (Å²) in [6, 6.07) is 8.74. The van der Waals surface area contributed by atoms with E-state index in [-0.39, 0.29) is 22.6 Å². The van der Waals surface area contributed by atoms with Crippen LogP contribution in [0.15, 0.2) is 48.2 Å². The minimum absolute atomic E-state index is 0.0703. The second-order valence-electron chi connectivity index (χ2n) is 5.75. The molecule has 1 aromatic heterocycles. The van der Waals surface area contributed by atoms with Crippen molar-refractivity contribution in [2.45, 2.75) is 5.92 Å². The highest BCUT2D eigenvalue weighted by Gasteiger charge is 2.45. The zero-order valence-electron chi connectivity index (χ0n) is 12.7. The average molecular weight is 605 g/mol. The number of para-hydroxylation sites is 1. The SMILES string of the molecule is O=C1c2c(Br)c(Br)c(Br)c(Br)c2C(=O)C1c1nc2ccccc2cc1O. The van der Waals surface area contributed by atoms with Crippen molar-refractivity contribution in [3.63, 3.8) is 0 Å². The molecule has 3 aromatic rings. The van der Waals surface area contributed by atoms with Gasteiger partial charge in [-0.3, -0.25) is 9.59 Å². The van der Waals surface area contributed by atoms with E-state index in [2.05, 4.69) is 68.7 Å². The van der Waals surface area contributed by atoms with Crippen molar-refractivity contribution in [3.8, 4) is 5.75 Å². The van der Waals surface area contributed by atoms with E-state index < -0.39 is 17.5 Å². The molecule has 4 nitrogen and oxygen atoms in total. The van der Waals surface area contributed by atoms with E-state index in [1.165, 1.54) is 6.07 Å². The lowest BCUT2D eigenvalue weighted by Gasteiger charge is -2.10. The number of hydrogen-bond acceptors (Lipinski definition) is 4. The van der Waals surface area contributed by atoms with E-state index in [1.54, 1.807) is 12.1 Å². The molecule has 2 aromatic carbocycles. The Labute approximate surface area is 181 Å². The Morgan fingerprint density at radius 2 is 1.38 bits per heavy atom. The monoisotopic (exact) mass is 601 g/mol. The van der Waals surface area contributed by atoms with Crippen molar-refractivity contribution in [1.82, 2.24) is 4.98 Å². The smallest absolute Gasteiger partial charge is 0.181 e. The first-order chi connectivity index (χ1) is 12.3. The molecule has 0 saturated carbocycles. The van der Waals surface area contributed by atoms with Gasteiger partial charge in [0, 0.05) is 34.4 Å². The summed E-state index contributed by atoms with van der Waals surface area (Å²) < 4.78 is 2.23. The maximum Gasteiger partial charge on any atom is 0.181 e. The predicted octanol–water partition coefficient (Wildman–Crippen LogP) is 6.15. The summed E-state index contributed by atoms with van der Waals surface area (Å²) in [4.78, 5) is 30.5. The molecule has 1 heterocycles. The van der Waals surface area contributed by atoms with Crippen molar-refractivity contribution in [2.75, 3.05) is 0 Å².